The lowest BCUT2D eigenvalue weighted by Gasteiger charge is -2.00. The second-order valence-electron chi connectivity index (χ2n) is 5.66. The first kappa shape index (κ1) is 20.0. The molecule has 0 atom stereocenters. The topological polar surface area (TPSA) is 0 Å². The molecule has 0 aliphatic rings. The third kappa shape index (κ3) is 19.0. The van der Waals surface area contributed by atoms with Crippen molar-refractivity contribution in [1.82, 2.24) is 0 Å². The molecule has 0 nitrogen and oxygen atoms in total. The van der Waals surface area contributed by atoms with Crippen LogP contribution in [0.3, 0.4) is 0 Å². The maximum atomic E-state index is 2.33. The van der Waals surface area contributed by atoms with Crippen molar-refractivity contribution >= 4 is 0 Å². The minimum absolute atomic E-state index is 1.05. The smallest absolute Gasteiger partial charge is 0.0166 e. The molecule has 0 aliphatic heterocycles. The monoisotopic (exact) mass is 288 g/mol. The van der Waals surface area contributed by atoms with Crippen molar-refractivity contribution in [2.75, 3.05) is 0 Å². The summed E-state index contributed by atoms with van der Waals surface area (Å²) in [5, 5.41) is 0. The molecule has 0 saturated heterocycles. The Labute approximate surface area is 133 Å². The van der Waals surface area contributed by atoms with E-state index in [1.54, 1.807) is 0 Å². The molecule has 0 aliphatic carbocycles. The average Bonchev–Trinajstić information content (AvgIpc) is 2.50. The quantitative estimate of drug-likeness (QED) is 0.176. The Hall–Kier alpha value is -1.04. The van der Waals surface area contributed by atoms with Crippen LogP contribution in [-0.4, -0.2) is 0 Å². The summed E-state index contributed by atoms with van der Waals surface area (Å²) in [6.07, 6.45) is 32.2. The van der Waals surface area contributed by atoms with Gasteiger partial charge < -0.3 is 0 Å². The van der Waals surface area contributed by atoms with E-state index in [1.165, 1.54) is 64.2 Å². The SMILES string of the molecule is C\C=C/C=C/C=C\C/C=C\CCCCCCCCCCC. The highest BCUT2D eigenvalue weighted by Gasteiger charge is 1.90. The summed E-state index contributed by atoms with van der Waals surface area (Å²) in [5.74, 6) is 0. The van der Waals surface area contributed by atoms with Gasteiger partial charge in [0.05, 0.1) is 0 Å². The van der Waals surface area contributed by atoms with Gasteiger partial charge in [-0.25, -0.2) is 0 Å². The normalized spacial score (nSPS) is 12.7. The van der Waals surface area contributed by atoms with Crippen LogP contribution in [0.25, 0.3) is 0 Å². The minimum Gasteiger partial charge on any atom is -0.0882 e. The number of allylic oxidation sites excluding steroid dienone is 8. The molecule has 120 valence electrons. The molecule has 0 aromatic heterocycles. The maximum Gasteiger partial charge on any atom is -0.0166 e. The molecule has 0 radical (unpaired) electrons. The van der Waals surface area contributed by atoms with Crippen LogP contribution in [0.2, 0.25) is 0 Å². The Balaban J connectivity index is 3.22. The van der Waals surface area contributed by atoms with Gasteiger partial charge in [-0.05, 0) is 26.2 Å². The third-order valence-electron chi connectivity index (χ3n) is 3.58. The fourth-order valence-electron chi connectivity index (χ4n) is 2.26. The molecule has 0 saturated carbocycles. The van der Waals surface area contributed by atoms with Crippen LogP contribution in [0.15, 0.2) is 48.6 Å². The van der Waals surface area contributed by atoms with Gasteiger partial charge in [-0.1, -0.05) is 107 Å². The van der Waals surface area contributed by atoms with E-state index in [9.17, 15) is 0 Å². The number of unbranched alkanes of at least 4 members (excludes halogenated alkanes) is 9. The van der Waals surface area contributed by atoms with Crippen molar-refractivity contribution in [3.8, 4) is 0 Å². The number of hydrogen-bond acceptors (Lipinski definition) is 0. The standard InChI is InChI=1S/C21H36/c1-3-5-7-9-11-13-15-17-19-21-20-18-16-14-12-10-8-6-4-2/h3,5,7,9,11,13,17,19H,4,6,8,10,12,14-16,18,20-21H2,1-2H3/b5-3-,9-7+,13-11-,19-17-. The van der Waals surface area contributed by atoms with Crippen LogP contribution >= 0.6 is 0 Å². The Morgan fingerprint density at radius 1 is 0.571 bits per heavy atom. The summed E-state index contributed by atoms with van der Waals surface area (Å²) in [4.78, 5) is 0. The lowest BCUT2D eigenvalue weighted by atomic mass is 10.1. The predicted octanol–water partition coefficient (Wildman–Crippen LogP) is 7.54. The van der Waals surface area contributed by atoms with Gasteiger partial charge in [0.2, 0.25) is 0 Å². The third-order valence-corrected chi connectivity index (χ3v) is 3.58. The highest BCUT2D eigenvalue weighted by atomic mass is 14.0. The summed E-state index contributed by atoms with van der Waals surface area (Å²) in [6, 6.07) is 0. The number of hydrogen-bond donors (Lipinski definition) is 0. The maximum absolute atomic E-state index is 2.33. The van der Waals surface area contributed by atoms with E-state index in [2.05, 4.69) is 43.4 Å². The molecule has 0 unspecified atom stereocenters. The Bertz CT molecular complexity index is 291. The minimum atomic E-state index is 1.05. The molecular formula is C21H36. The van der Waals surface area contributed by atoms with Gasteiger partial charge in [0.15, 0.2) is 0 Å². The highest BCUT2D eigenvalue weighted by molar-refractivity contribution is 5.11. The molecule has 0 heterocycles. The fraction of sp³-hybridized carbons (Fsp3) is 0.619. The summed E-state index contributed by atoms with van der Waals surface area (Å²) in [6.45, 7) is 4.31. The van der Waals surface area contributed by atoms with Crippen molar-refractivity contribution in [2.45, 2.75) is 84.5 Å². The molecule has 0 spiro atoms. The summed E-state index contributed by atoms with van der Waals surface area (Å²) >= 11 is 0. The van der Waals surface area contributed by atoms with Crippen LogP contribution in [-0.2, 0) is 0 Å². The van der Waals surface area contributed by atoms with E-state index < -0.39 is 0 Å². The van der Waals surface area contributed by atoms with Crippen LogP contribution < -0.4 is 0 Å². The first-order chi connectivity index (χ1) is 10.4. The first-order valence-electron chi connectivity index (χ1n) is 9.01. The van der Waals surface area contributed by atoms with Crippen LogP contribution in [0.4, 0.5) is 0 Å². The van der Waals surface area contributed by atoms with Gasteiger partial charge >= 0.3 is 0 Å². The molecule has 21 heavy (non-hydrogen) atoms. The zero-order valence-corrected chi connectivity index (χ0v) is 14.4. The molecule has 0 aromatic rings. The van der Waals surface area contributed by atoms with Crippen LogP contribution in [0.5, 0.6) is 0 Å². The Morgan fingerprint density at radius 2 is 1.19 bits per heavy atom. The lowest BCUT2D eigenvalue weighted by molar-refractivity contribution is 0.566. The van der Waals surface area contributed by atoms with Crippen LogP contribution in [0, 0.1) is 0 Å². The van der Waals surface area contributed by atoms with Gasteiger partial charge in [-0.2, -0.15) is 0 Å². The van der Waals surface area contributed by atoms with Gasteiger partial charge in [-0.15, -0.1) is 0 Å². The Kier molecular flexibility index (Phi) is 18.0. The van der Waals surface area contributed by atoms with E-state index in [1.807, 2.05) is 19.1 Å². The molecule has 0 fully saturated rings. The Morgan fingerprint density at radius 3 is 1.86 bits per heavy atom. The predicted molar refractivity (Wildman–Crippen MR) is 98.7 cm³/mol. The second-order valence-corrected chi connectivity index (χ2v) is 5.66. The fourth-order valence-corrected chi connectivity index (χ4v) is 2.26. The van der Waals surface area contributed by atoms with Crippen molar-refractivity contribution in [3.05, 3.63) is 48.6 Å². The molecule has 0 N–H and O–H groups in total. The molecule has 0 rings (SSSR count). The van der Waals surface area contributed by atoms with Crippen molar-refractivity contribution < 1.29 is 0 Å². The van der Waals surface area contributed by atoms with E-state index in [0.717, 1.165) is 6.42 Å². The first-order valence-corrected chi connectivity index (χ1v) is 9.01. The molecule has 0 aromatic carbocycles. The largest absolute Gasteiger partial charge is 0.0882 e. The summed E-state index contributed by atoms with van der Waals surface area (Å²) in [5.41, 5.74) is 0. The zero-order chi connectivity index (χ0) is 15.4. The molecule has 0 bridgehead atoms. The van der Waals surface area contributed by atoms with Crippen molar-refractivity contribution in [1.29, 1.82) is 0 Å². The van der Waals surface area contributed by atoms with E-state index in [4.69, 9.17) is 0 Å². The lowest BCUT2D eigenvalue weighted by Crippen LogP contribution is -1.80. The second kappa shape index (κ2) is 19.0. The summed E-state index contributed by atoms with van der Waals surface area (Å²) < 4.78 is 0. The van der Waals surface area contributed by atoms with Crippen molar-refractivity contribution in [3.63, 3.8) is 0 Å². The summed E-state index contributed by atoms with van der Waals surface area (Å²) in [7, 11) is 0. The zero-order valence-electron chi connectivity index (χ0n) is 14.4. The van der Waals surface area contributed by atoms with Gasteiger partial charge in [-0.3, -0.25) is 0 Å². The highest BCUT2D eigenvalue weighted by Crippen LogP contribution is 2.10. The van der Waals surface area contributed by atoms with Gasteiger partial charge in [0.1, 0.15) is 0 Å². The van der Waals surface area contributed by atoms with E-state index in [0.29, 0.717) is 0 Å². The molecular weight excluding hydrogens is 252 g/mol. The van der Waals surface area contributed by atoms with Crippen LogP contribution in [0.1, 0.15) is 84.5 Å². The number of rotatable bonds is 14. The average molecular weight is 289 g/mol. The molecule has 0 heteroatoms. The van der Waals surface area contributed by atoms with Gasteiger partial charge in [0, 0.05) is 0 Å². The van der Waals surface area contributed by atoms with Crippen molar-refractivity contribution in [2.24, 2.45) is 0 Å². The van der Waals surface area contributed by atoms with E-state index >= 15 is 0 Å². The van der Waals surface area contributed by atoms with Gasteiger partial charge in [0.25, 0.3) is 0 Å². The molecule has 0 amide bonds. The van der Waals surface area contributed by atoms with E-state index in [-0.39, 0.29) is 0 Å².